The van der Waals surface area contributed by atoms with Crippen LogP contribution in [-0.4, -0.2) is 5.75 Å². The minimum Gasteiger partial charge on any atom is -0.397 e. The molecule has 0 saturated carbocycles. The van der Waals surface area contributed by atoms with Gasteiger partial charge in [-0.25, -0.2) is 0 Å². The number of hydrogen-bond acceptors (Lipinski definition) is 4. The smallest absolute Gasteiger partial charge is 0.102 e. The number of nitriles is 2. The van der Waals surface area contributed by atoms with E-state index < -0.39 is 0 Å². The zero-order valence-electron chi connectivity index (χ0n) is 12.3. The predicted molar refractivity (Wildman–Crippen MR) is 90.3 cm³/mol. The third-order valence-electron chi connectivity index (χ3n) is 4.06. The standard InChI is InChI=1S/C18H15N3S/c1-11-2-4-12(5-3-11)17-15(9-20)18(21)14(8-19)13-6-7-22-10-16(13)17/h2-5H,6-7,10,21H2,1H3. The Morgan fingerprint density at radius 1 is 1.05 bits per heavy atom. The lowest BCUT2D eigenvalue weighted by molar-refractivity contribution is 1.07. The highest BCUT2D eigenvalue weighted by atomic mass is 32.2. The van der Waals surface area contributed by atoms with E-state index in [1.54, 1.807) is 0 Å². The molecule has 0 fully saturated rings. The molecule has 3 rings (SSSR count). The second-order valence-electron chi connectivity index (χ2n) is 5.39. The van der Waals surface area contributed by atoms with Crippen molar-refractivity contribution in [2.24, 2.45) is 0 Å². The molecule has 0 saturated heterocycles. The highest BCUT2D eigenvalue weighted by Crippen LogP contribution is 2.41. The maximum absolute atomic E-state index is 9.59. The number of rotatable bonds is 1. The van der Waals surface area contributed by atoms with Crippen LogP contribution in [0.15, 0.2) is 24.3 Å². The highest BCUT2D eigenvalue weighted by molar-refractivity contribution is 7.98. The average molecular weight is 305 g/mol. The average Bonchev–Trinajstić information content (AvgIpc) is 2.55. The number of fused-ring (bicyclic) bond motifs is 1. The van der Waals surface area contributed by atoms with Crippen molar-refractivity contribution in [3.8, 4) is 23.3 Å². The molecule has 0 bridgehead atoms. The summed E-state index contributed by atoms with van der Waals surface area (Å²) >= 11 is 1.83. The lowest BCUT2D eigenvalue weighted by atomic mass is 9.86. The van der Waals surface area contributed by atoms with E-state index in [0.29, 0.717) is 16.8 Å². The van der Waals surface area contributed by atoms with Gasteiger partial charge >= 0.3 is 0 Å². The van der Waals surface area contributed by atoms with Gasteiger partial charge in [0.25, 0.3) is 0 Å². The number of hydrogen-bond donors (Lipinski definition) is 1. The normalized spacial score (nSPS) is 13.0. The number of nitrogen functional groups attached to an aromatic ring is 1. The van der Waals surface area contributed by atoms with Crippen molar-refractivity contribution >= 4 is 17.4 Å². The van der Waals surface area contributed by atoms with Gasteiger partial charge in [0.15, 0.2) is 0 Å². The number of benzene rings is 2. The van der Waals surface area contributed by atoms with Gasteiger partial charge in [0.05, 0.1) is 16.8 Å². The summed E-state index contributed by atoms with van der Waals surface area (Å²) in [6, 6.07) is 12.5. The van der Waals surface area contributed by atoms with Crippen LogP contribution in [0.25, 0.3) is 11.1 Å². The third-order valence-corrected chi connectivity index (χ3v) is 5.05. The molecule has 3 nitrogen and oxygen atoms in total. The molecule has 0 amide bonds. The number of aryl methyl sites for hydroxylation is 1. The quantitative estimate of drug-likeness (QED) is 0.814. The minimum atomic E-state index is 0.325. The van der Waals surface area contributed by atoms with E-state index in [1.807, 2.05) is 43.0 Å². The molecule has 2 aromatic rings. The fourth-order valence-electron chi connectivity index (χ4n) is 2.94. The highest BCUT2D eigenvalue weighted by Gasteiger charge is 2.25. The number of nitrogens with zero attached hydrogens (tertiary/aromatic N) is 2. The molecule has 0 unspecified atom stereocenters. The molecule has 0 aromatic heterocycles. The summed E-state index contributed by atoms with van der Waals surface area (Å²) in [5, 5.41) is 19.0. The molecule has 4 heteroatoms. The Hall–Kier alpha value is -2.43. The van der Waals surface area contributed by atoms with Crippen molar-refractivity contribution in [2.45, 2.75) is 19.1 Å². The van der Waals surface area contributed by atoms with E-state index >= 15 is 0 Å². The van der Waals surface area contributed by atoms with Crippen LogP contribution < -0.4 is 5.73 Å². The molecular formula is C18H15N3S. The Morgan fingerprint density at radius 3 is 2.36 bits per heavy atom. The van der Waals surface area contributed by atoms with Gasteiger partial charge < -0.3 is 5.73 Å². The Bertz CT molecular complexity index is 824. The van der Waals surface area contributed by atoms with Crippen LogP contribution in [0.1, 0.15) is 27.8 Å². The maximum Gasteiger partial charge on any atom is 0.102 e. The Labute approximate surface area is 134 Å². The van der Waals surface area contributed by atoms with Crippen LogP contribution >= 0.6 is 11.8 Å². The lowest BCUT2D eigenvalue weighted by Gasteiger charge is -2.23. The number of thioether (sulfide) groups is 1. The van der Waals surface area contributed by atoms with Gasteiger partial charge in [0.1, 0.15) is 12.1 Å². The molecule has 1 aliphatic rings. The van der Waals surface area contributed by atoms with Crippen molar-refractivity contribution < 1.29 is 0 Å². The Balaban J connectivity index is 2.38. The van der Waals surface area contributed by atoms with Crippen LogP contribution in [0.2, 0.25) is 0 Å². The van der Waals surface area contributed by atoms with Crippen molar-refractivity contribution in [2.75, 3.05) is 11.5 Å². The minimum absolute atomic E-state index is 0.325. The van der Waals surface area contributed by atoms with E-state index in [-0.39, 0.29) is 0 Å². The van der Waals surface area contributed by atoms with Gasteiger partial charge in [-0.05, 0) is 35.8 Å². The number of nitrogens with two attached hydrogens (primary N) is 1. The molecule has 1 aliphatic heterocycles. The second kappa shape index (κ2) is 5.75. The molecule has 0 spiro atoms. The Morgan fingerprint density at radius 2 is 1.73 bits per heavy atom. The predicted octanol–water partition coefficient (Wildman–Crippen LogP) is 3.78. The SMILES string of the molecule is Cc1ccc(-c2c(C#N)c(N)c(C#N)c3c2CSCC3)cc1. The summed E-state index contributed by atoms with van der Waals surface area (Å²) in [4.78, 5) is 0. The summed E-state index contributed by atoms with van der Waals surface area (Å²) in [7, 11) is 0. The molecule has 0 aliphatic carbocycles. The molecule has 2 N–H and O–H groups in total. The van der Waals surface area contributed by atoms with Crippen molar-refractivity contribution in [1.82, 2.24) is 0 Å². The van der Waals surface area contributed by atoms with Crippen molar-refractivity contribution in [3.05, 3.63) is 52.1 Å². The van der Waals surface area contributed by atoms with Gasteiger partial charge in [-0.1, -0.05) is 29.8 Å². The van der Waals surface area contributed by atoms with Crippen LogP contribution in [0.5, 0.6) is 0 Å². The first kappa shape index (κ1) is 14.5. The van der Waals surface area contributed by atoms with Gasteiger partial charge in [0, 0.05) is 11.3 Å². The summed E-state index contributed by atoms with van der Waals surface area (Å²) in [6.45, 7) is 2.04. The fourth-order valence-corrected chi connectivity index (χ4v) is 3.96. The van der Waals surface area contributed by atoms with Gasteiger partial charge in [-0.15, -0.1) is 0 Å². The van der Waals surface area contributed by atoms with E-state index in [2.05, 4.69) is 12.1 Å². The van der Waals surface area contributed by atoms with Crippen LogP contribution in [0, 0.1) is 29.6 Å². The van der Waals surface area contributed by atoms with E-state index in [4.69, 9.17) is 5.73 Å². The fraction of sp³-hybridized carbons (Fsp3) is 0.222. The van der Waals surface area contributed by atoms with E-state index in [0.717, 1.165) is 40.2 Å². The van der Waals surface area contributed by atoms with Crippen molar-refractivity contribution in [3.63, 3.8) is 0 Å². The van der Waals surface area contributed by atoms with Gasteiger partial charge in [-0.3, -0.25) is 0 Å². The Kier molecular flexibility index (Phi) is 3.79. The summed E-state index contributed by atoms with van der Waals surface area (Å²) in [5.41, 5.74) is 12.6. The summed E-state index contributed by atoms with van der Waals surface area (Å²) in [5.74, 6) is 1.81. The molecule has 2 aromatic carbocycles. The molecular weight excluding hydrogens is 290 g/mol. The van der Waals surface area contributed by atoms with E-state index in [9.17, 15) is 10.5 Å². The van der Waals surface area contributed by atoms with Gasteiger partial charge in [0.2, 0.25) is 0 Å². The zero-order valence-corrected chi connectivity index (χ0v) is 13.1. The zero-order chi connectivity index (χ0) is 15.7. The monoisotopic (exact) mass is 305 g/mol. The third kappa shape index (κ3) is 2.22. The molecule has 22 heavy (non-hydrogen) atoms. The first-order valence-corrected chi connectivity index (χ1v) is 8.25. The first-order valence-electron chi connectivity index (χ1n) is 7.09. The molecule has 0 radical (unpaired) electrons. The largest absolute Gasteiger partial charge is 0.397 e. The van der Waals surface area contributed by atoms with Crippen molar-refractivity contribution in [1.29, 1.82) is 10.5 Å². The van der Waals surface area contributed by atoms with Crippen LogP contribution in [0.3, 0.4) is 0 Å². The summed E-state index contributed by atoms with van der Waals surface area (Å²) < 4.78 is 0. The molecule has 108 valence electrons. The topological polar surface area (TPSA) is 73.6 Å². The lowest BCUT2D eigenvalue weighted by Crippen LogP contribution is -2.12. The maximum atomic E-state index is 9.59. The summed E-state index contributed by atoms with van der Waals surface area (Å²) in [6.07, 6.45) is 0.831. The van der Waals surface area contributed by atoms with E-state index in [1.165, 1.54) is 5.56 Å². The number of anilines is 1. The van der Waals surface area contributed by atoms with Crippen LogP contribution in [-0.2, 0) is 12.2 Å². The van der Waals surface area contributed by atoms with Gasteiger partial charge in [-0.2, -0.15) is 22.3 Å². The molecule has 0 atom stereocenters. The van der Waals surface area contributed by atoms with Crippen LogP contribution in [0.4, 0.5) is 5.69 Å². The second-order valence-corrected chi connectivity index (χ2v) is 6.49. The first-order chi connectivity index (χ1) is 10.7. The molecule has 1 heterocycles.